The van der Waals surface area contributed by atoms with Crippen molar-refractivity contribution in [2.75, 3.05) is 10.6 Å². The summed E-state index contributed by atoms with van der Waals surface area (Å²) in [5.41, 5.74) is -0.992. The van der Waals surface area contributed by atoms with Gasteiger partial charge in [0.15, 0.2) is 0 Å². The Hall–Kier alpha value is -3.46. The number of nitrogens with one attached hydrogen (secondary N) is 2. The lowest BCUT2D eigenvalue weighted by molar-refractivity contribution is -0.137. The van der Waals surface area contributed by atoms with Crippen molar-refractivity contribution in [1.29, 1.82) is 0 Å². The zero-order chi connectivity index (χ0) is 21.9. The Labute approximate surface area is 172 Å². The molecular formula is C20H12ClF4N3O2. The van der Waals surface area contributed by atoms with Gasteiger partial charge in [-0.2, -0.15) is 13.2 Å². The first kappa shape index (κ1) is 21.3. The molecule has 2 aromatic carbocycles. The Kier molecular flexibility index (Phi) is 6.02. The lowest BCUT2D eigenvalue weighted by atomic mass is 10.1. The molecule has 3 aromatic rings. The molecule has 154 valence electrons. The lowest BCUT2D eigenvalue weighted by Gasteiger charge is -2.11. The van der Waals surface area contributed by atoms with Crippen LogP contribution in [0.4, 0.5) is 28.9 Å². The summed E-state index contributed by atoms with van der Waals surface area (Å²) in [5.74, 6) is -2.15. The van der Waals surface area contributed by atoms with Crippen LogP contribution in [0, 0.1) is 5.82 Å². The molecule has 1 heterocycles. The summed E-state index contributed by atoms with van der Waals surface area (Å²) in [7, 11) is 0. The number of anilines is 2. The van der Waals surface area contributed by atoms with E-state index in [1.165, 1.54) is 30.5 Å². The predicted octanol–water partition coefficient (Wildman–Crippen LogP) is 5.40. The summed E-state index contributed by atoms with van der Waals surface area (Å²) >= 11 is 6.02. The number of alkyl halides is 3. The average Bonchev–Trinajstić information content (AvgIpc) is 2.69. The van der Waals surface area contributed by atoms with Crippen LogP contribution in [0.15, 0.2) is 60.9 Å². The highest BCUT2D eigenvalue weighted by atomic mass is 35.5. The van der Waals surface area contributed by atoms with E-state index in [4.69, 9.17) is 11.6 Å². The molecule has 1 aromatic heterocycles. The highest BCUT2D eigenvalue weighted by molar-refractivity contribution is 6.34. The molecule has 0 unspecified atom stereocenters. The average molecular weight is 438 g/mol. The number of carbonyl (C=O) groups is 2. The monoisotopic (exact) mass is 437 g/mol. The normalized spacial score (nSPS) is 11.1. The van der Waals surface area contributed by atoms with Gasteiger partial charge in [0.1, 0.15) is 5.82 Å². The van der Waals surface area contributed by atoms with Crippen molar-refractivity contribution in [2.45, 2.75) is 6.18 Å². The first-order valence-corrected chi connectivity index (χ1v) is 8.71. The molecule has 0 radical (unpaired) electrons. The van der Waals surface area contributed by atoms with E-state index in [9.17, 15) is 27.2 Å². The minimum absolute atomic E-state index is 0.0391. The molecule has 30 heavy (non-hydrogen) atoms. The number of rotatable bonds is 4. The van der Waals surface area contributed by atoms with Gasteiger partial charge >= 0.3 is 6.18 Å². The fourth-order valence-electron chi connectivity index (χ4n) is 2.50. The summed E-state index contributed by atoms with van der Waals surface area (Å²) in [6.45, 7) is 0. The molecule has 0 saturated carbocycles. The van der Waals surface area contributed by atoms with Gasteiger partial charge in [0, 0.05) is 17.3 Å². The Balaban J connectivity index is 1.80. The standard InChI is InChI=1S/C20H12ClF4N3O2/c21-17-5-4-14(8-16(17)19(30)28-15-7-13(22)9-26-10-15)27-18(29)11-2-1-3-12(6-11)20(23,24)25/h1-10H,(H,27,29)(H,28,30). The Morgan fingerprint density at radius 2 is 1.63 bits per heavy atom. The fourth-order valence-corrected chi connectivity index (χ4v) is 2.70. The number of benzene rings is 2. The van der Waals surface area contributed by atoms with Crippen molar-refractivity contribution in [2.24, 2.45) is 0 Å². The van der Waals surface area contributed by atoms with Crippen molar-refractivity contribution >= 4 is 34.8 Å². The molecule has 5 nitrogen and oxygen atoms in total. The van der Waals surface area contributed by atoms with E-state index in [2.05, 4.69) is 15.6 Å². The summed E-state index contributed by atoms with van der Waals surface area (Å²) < 4.78 is 51.7. The van der Waals surface area contributed by atoms with E-state index in [-0.39, 0.29) is 27.5 Å². The van der Waals surface area contributed by atoms with Gasteiger partial charge < -0.3 is 10.6 Å². The number of hydrogen-bond acceptors (Lipinski definition) is 3. The van der Waals surface area contributed by atoms with Crippen molar-refractivity contribution in [1.82, 2.24) is 4.98 Å². The first-order valence-electron chi connectivity index (χ1n) is 8.33. The van der Waals surface area contributed by atoms with Gasteiger partial charge in [0.05, 0.1) is 34.2 Å². The molecule has 0 atom stereocenters. The zero-order valence-corrected chi connectivity index (χ0v) is 15.7. The smallest absolute Gasteiger partial charge is 0.322 e. The Morgan fingerprint density at radius 3 is 2.33 bits per heavy atom. The molecule has 0 aliphatic carbocycles. The second kappa shape index (κ2) is 8.50. The van der Waals surface area contributed by atoms with Crippen molar-refractivity contribution in [3.8, 4) is 0 Å². The number of amides is 2. The molecular weight excluding hydrogens is 426 g/mol. The van der Waals surface area contributed by atoms with Crippen LogP contribution in [0.5, 0.6) is 0 Å². The van der Waals surface area contributed by atoms with E-state index < -0.39 is 29.4 Å². The van der Waals surface area contributed by atoms with Gasteiger partial charge in [-0.1, -0.05) is 17.7 Å². The van der Waals surface area contributed by atoms with Gasteiger partial charge in [-0.05, 0) is 36.4 Å². The topological polar surface area (TPSA) is 71.1 Å². The van der Waals surface area contributed by atoms with Crippen LogP contribution >= 0.6 is 11.6 Å². The molecule has 2 N–H and O–H groups in total. The molecule has 10 heteroatoms. The van der Waals surface area contributed by atoms with Crippen LogP contribution in [-0.2, 0) is 6.18 Å². The van der Waals surface area contributed by atoms with Gasteiger partial charge in [0.2, 0.25) is 0 Å². The molecule has 0 aliphatic rings. The van der Waals surface area contributed by atoms with Crippen molar-refractivity contribution in [3.63, 3.8) is 0 Å². The number of hydrogen-bond donors (Lipinski definition) is 2. The van der Waals surface area contributed by atoms with Crippen molar-refractivity contribution in [3.05, 3.63) is 88.5 Å². The summed E-state index contributed by atoms with van der Waals surface area (Å²) in [4.78, 5) is 28.4. The second-order valence-electron chi connectivity index (χ2n) is 6.07. The largest absolute Gasteiger partial charge is 0.416 e. The van der Waals surface area contributed by atoms with E-state index in [1.54, 1.807) is 0 Å². The highest BCUT2D eigenvalue weighted by Crippen LogP contribution is 2.30. The number of aromatic nitrogens is 1. The third-order valence-corrected chi connectivity index (χ3v) is 4.21. The number of nitrogens with zero attached hydrogens (tertiary/aromatic N) is 1. The number of pyridine rings is 1. The third-order valence-electron chi connectivity index (χ3n) is 3.88. The van der Waals surface area contributed by atoms with Crippen LogP contribution in [0.3, 0.4) is 0 Å². The minimum Gasteiger partial charge on any atom is -0.322 e. The van der Waals surface area contributed by atoms with Gasteiger partial charge in [-0.3, -0.25) is 14.6 Å². The summed E-state index contributed by atoms with van der Waals surface area (Å²) in [5, 5.41) is 4.88. The fraction of sp³-hybridized carbons (Fsp3) is 0.0500. The predicted molar refractivity (Wildman–Crippen MR) is 103 cm³/mol. The Morgan fingerprint density at radius 1 is 0.900 bits per heavy atom. The molecule has 0 spiro atoms. The first-order chi connectivity index (χ1) is 14.1. The van der Waals surface area contributed by atoms with Crippen LogP contribution in [0.1, 0.15) is 26.3 Å². The highest BCUT2D eigenvalue weighted by Gasteiger charge is 2.30. The van der Waals surface area contributed by atoms with Crippen LogP contribution in [0.25, 0.3) is 0 Å². The molecule has 0 aliphatic heterocycles. The zero-order valence-electron chi connectivity index (χ0n) is 14.9. The Bertz CT molecular complexity index is 1120. The SMILES string of the molecule is O=C(Nc1ccc(Cl)c(C(=O)Nc2cncc(F)c2)c1)c1cccc(C(F)(F)F)c1. The van der Waals surface area contributed by atoms with Gasteiger partial charge in [-0.15, -0.1) is 0 Å². The lowest BCUT2D eigenvalue weighted by Crippen LogP contribution is -2.16. The minimum atomic E-state index is -4.59. The molecule has 0 saturated heterocycles. The van der Waals surface area contributed by atoms with Crippen LogP contribution < -0.4 is 10.6 Å². The number of carbonyl (C=O) groups excluding carboxylic acids is 2. The van der Waals surface area contributed by atoms with E-state index >= 15 is 0 Å². The number of halogens is 5. The summed E-state index contributed by atoms with van der Waals surface area (Å²) in [6, 6.07) is 8.93. The maximum absolute atomic E-state index is 13.2. The molecule has 2 amide bonds. The molecule has 0 fully saturated rings. The van der Waals surface area contributed by atoms with E-state index in [0.717, 1.165) is 30.5 Å². The quantitative estimate of drug-likeness (QED) is 0.537. The van der Waals surface area contributed by atoms with Crippen LogP contribution in [-0.4, -0.2) is 16.8 Å². The maximum Gasteiger partial charge on any atom is 0.416 e. The van der Waals surface area contributed by atoms with Crippen molar-refractivity contribution < 1.29 is 27.2 Å². The van der Waals surface area contributed by atoms with E-state index in [1.807, 2.05) is 0 Å². The summed E-state index contributed by atoms with van der Waals surface area (Å²) in [6.07, 6.45) is -2.39. The van der Waals surface area contributed by atoms with Crippen LogP contribution in [0.2, 0.25) is 5.02 Å². The van der Waals surface area contributed by atoms with E-state index in [0.29, 0.717) is 0 Å². The third kappa shape index (κ3) is 5.12. The molecule has 3 rings (SSSR count). The second-order valence-corrected chi connectivity index (χ2v) is 6.48. The van der Waals surface area contributed by atoms with Gasteiger partial charge in [-0.25, -0.2) is 4.39 Å². The molecule has 0 bridgehead atoms. The van der Waals surface area contributed by atoms with Gasteiger partial charge in [0.25, 0.3) is 11.8 Å². The maximum atomic E-state index is 13.2.